The molecule has 2 aliphatic rings. The molecule has 1 unspecified atom stereocenters. The second-order valence-corrected chi connectivity index (χ2v) is 8.07. The van der Waals surface area contributed by atoms with Crippen LogP contribution < -0.4 is 4.90 Å². The number of nitrogens with one attached hydrogen (secondary N) is 1. The molecule has 1 saturated heterocycles. The van der Waals surface area contributed by atoms with Crippen LogP contribution in [0.4, 0.5) is 6.01 Å². The van der Waals surface area contributed by atoms with Crippen molar-refractivity contribution in [2.24, 2.45) is 0 Å². The highest BCUT2D eigenvalue weighted by Crippen LogP contribution is 2.39. The summed E-state index contributed by atoms with van der Waals surface area (Å²) in [6.45, 7) is 4.18. The smallest absolute Gasteiger partial charge is 0.318 e. The third-order valence-electron chi connectivity index (χ3n) is 5.88. The number of nitrogens with zero attached hydrogens (tertiary/aromatic N) is 5. The first-order valence-corrected chi connectivity index (χ1v) is 10.4. The van der Waals surface area contributed by atoms with Gasteiger partial charge in [-0.25, -0.2) is 4.98 Å². The summed E-state index contributed by atoms with van der Waals surface area (Å²) in [7, 11) is 0. The molecule has 4 aromatic rings. The van der Waals surface area contributed by atoms with Crippen LogP contribution >= 0.6 is 0 Å². The molecule has 1 saturated carbocycles. The standard InChI is InChI=1S/C22H22N6O2/c1-13-12-29-7-6-28(13)22-27-26-21(30-22)15-4-5-18-16(8-15)17(9-24-18)20-11-23-10-19(25-20)14-2-3-14/h4-5,8-11,13-14,24H,2-3,6-7,12H2,1H3. The molecule has 30 heavy (non-hydrogen) atoms. The molecule has 152 valence electrons. The van der Waals surface area contributed by atoms with E-state index in [-0.39, 0.29) is 6.04 Å². The van der Waals surface area contributed by atoms with Crippen LogP contribution in [-0.4, -0.2) is 50.9 Å². The van der Waals surface area contributed by atoms with Crippen molar-refractivity contribution >= 4 is 16.9 Å². The SMILES string of the molecule is CC1COCCN1c1nnc(-c2ccc3[nH]cc(-c4cncc(C5CC5)n4)c3c2)o1. The highest BCUT2D eigenvalue weighted by molar-refractivity contribution is 5.96. The number of hydrogen-bond donors (Lipinski definition) is 1. The predicted molar refractivity (Wildman–Crippen MR) is 112 cm³/mol. The first-order valence-electron chi connectivity index (χ1n) is 10.4. The molecule has 8 heteroatoms. The Kier molecular flexibility index (Phi) is 4.05. The van der Waals surface area contributed by atoms with Gasteiger partial charge < -0.3 is 19.0 Å². The fraction of sp³-hybridized carbons (Fsp3) is 0.364. The van der Waals surface area contributed by atoms with E-state index in [1.807, 2.05) is 30.7 Å². The Bertz CT molecular complexity index is 1210. The molecule has 1 N–H and O–H groups in total. The minimum absolute atomic E-state index is 0.211. The number of fused-ring (bicyclic) bond motifs is 1. The summed E-state index contributed by atoms with van der Waals surface area (Å²) in [6, 6.07) is 6.86. The molecular formula is C22H22N6O2. The van der Waals surface area contributed by atoms with Crippen LogP contribution in [0.2, 0.25) is 0 Å². The minimum atomic E-state index is 0.211. The fourth-order valence-electron chi connectivity index (χ4n) is 4.01. The highest BCUT2D eigenvalue weighted by Gasteiger charge is 2.26. The van der Waals surface area contributed by atoms with Gasteiger partial charge in [0.25, 0.3) is 0 Å². The zero-order valence-corrected chi connectivity index (χ0v) is 16.7. The third kappa shape index (κ3) is 3.04. The largest absolute Gasteiger partial charge is 0.403 e. The summed E-state index contributed by atoms with van der Waals surface area (Å²) in [5.41, 5.74) is 4.92. The van der Waals surface area contributed by atoms with Crippen LogP contribution in [-0.2, 0) is 4.74 Å². The Morgan fingerprint density at radius 3 is 2.97 bits per heavy atom. The van der Waals surface area contributed by atoms with E-state index in [9.17, 15) is 0 Å². The molecule has 1 aliphatic carbocycles. The van der Waals surface area contributed by atoms with E-state index < -0.39 is 0 Å². The maximum atomic E-state index is 6.02. The Balaban J connectivity index is 1.36. The number of H-pyrrole nitrogens is 1. The molecule has 1 aliphatic heterocycles. The molecule has 1 aromatic carbocycles. The van der Waals surface area contributed by atoms with Crippen molar-refractivity contribution in [1.29, 1.82) is 0 Å². The molecule has 4 heterocycles. The van der Waals surface area contributed by atoms with Gasteiger partial charge >= 0.3 is 6.01 Å². The summed E-state index contributed by atoms with van der Waals surface area (Å²) in [5.74, 6) is 1.08. The lowest BCUT2D eigenvalue weighted by Gasteiger charge is -2.31. The number of hydrogen-bond acceptors (Lipinski definition) is 7. The lowest BCUT2D eigenvalue weighted by Crippen LogP contribution is -2.43. The number of morpholine rings is 1. The van der Waals surface area contributed by atoms with E-state index in [1.54, 1.807) is 0 Å². The fourth-order valence-corrected chi connectivity index (χ4v) is 4.01. The maximum absolute atomic E-state index is 6.02. The van der Waals surface area contributed by atoms with Crippen molar-refractivity contribution in [3.8, 4) is 22.7 Å². The average Bonchev–Trinajstić information content (AvgIpc) is 3.37. The number of rotatable bonds is 4. The Hall–Kier alpha value is -3.26. The molecule has 6 rings (SSSR count). The number of anilines is 1. The first kappa shape index (κ1) is 17.6. The normalized spacial score (nSPS) is 19.5. The Morgan fingerprint density at radius 1 is 1.17 bits per heavy atom. The summed E-state index contributed by atoms with van der Waals surface area (Å²) in [4.78, 5) is 14.7. The van der Waals surface area contributed by atoms with Crippen molar-refractivity contribution < 1.29 is 9.15 Å². The summed E-state index contributed by atoms with van der Waals surface area (Å²) >= 11 is 0. The van der Waals surface area contributed by atoms with Gasteiger partial charge in [0.1, 0.15) is 0 Å². The lowest BCUT2D eigenvalue weighted by atomic mass is 10.1. The van der Waals surface area contributed by atoms with Crippen LogP contribution in [0.5, 0.6) is 0 Å². The molecule has 3 aromatic heterocycles. The van der Waals surface area contributed by atoms with Crippen molar-refractivity contribution in [3.05, 3.63) is 42.5 Å². The van der Waals surface area contributed by atoms with Gasteiger partial charge in [0.15, 0.2) is 0 Å². The first-order chi connectivity index (χ1) is 14.8. The van der Waals surface area contributed by atoms with Crippen LogP contribution in [0.3, 0.4) is 0 Å². The maximum Gasteiger partial charge on any atom is 0.318 e. The zero-order chi connectivity index (χ0) is 20.1. The van der Waals surface area contributed by atoms with Gasteiger partial charge in [-0.3, -0.25) is 4.98 Å². The average molecular weight is 402 g/mol. The van der Waals surface area contributed by atoms with Gasteiger partial charge in [-0.15, -0.1) is 5.10 Å². The van der Waals surface area contributed by atoms with E-state index in [4.69, 9.17) is 14.1 Å². The molecule has 1 atom stereocenters. The van der Waals surface area contributed by atoms with Crippen molar-refractivity contribution in [3.63, 3.8) is 0 Å². The van der Waals surface area contributed by atoms with Crippen molar-refractivity contribution in [2.75, 3.05) is 24.7 Å². The van der Waals surface area contributed by atoms with Crippen molar-refractivity contribution in [2.45, 2.75) is 31.7 Å². The monoisotopic (exact) mass is 402 g/mol. The van der Waals surface area contributed by atoms with Gasteiger partial charge in [-0.05, 0) is 38.0 Å². The van der Waals surface area contributed by atoms with E-state index in [2.05, 4.69) is 38.1 Å². The minimum Gasteiger partial charge on any atom is -0.403 e. The molecular weight excluding hydrogens is 380 g/mol. The van der Waals surface area contributed by atoms with Crippen LogP contribution in [0.1, 0.15) is 31.4 Å². The molecule has 2 fully saturated rings. The van der Waals surface area contributed by atoms with E-state index in [1.165, 1.54) is 12.8 Å². The highest BCUT2D eigenvalue weighted by atomic mass is 16.5. The number of aromatic nitrogens is 5. The Morgan fingerprint density at radius 2 is 2.10 bits per heavy atom. The second kappa shape index (κ2) is 6.91. The number of ether oxygens (including phenoxy) is 1. The van der Waals surface area contributed by atoms with Gasteiger partial charge in [0.05, 0.1) is 36.8 Å². The van der Waals surface area contributed by atoms with Crippen LogP contribution in [0.25, 0.3) is 33.6 Å². The molecule has 0 bridgehead atoms. The van der Waals surface area contributed by atoms with Crippen molar-refractivity contribution in [1.82, 2.24) is 25.1 Å². The lowest BCUT2D eigenvalue weighted by molar-refractivity contribution is 0.0962. The number of aromatic amines is 1. The Labute approximate surface area is 173 Å². The summed E-state index contributed by atoms with van der Waals surface area (Å²) in [6.07, 6.45) is 8.11. The topological polar surface area (TPSA) is 93.0 Å². The third-order valence-corrected chi connectivity index (χ3v) is 5.88. The van der Waals surface area contributed by atoms with Crippen LogP contribution in [0, 0.1) is 0 Å². The molecule has 0 spiro atoms. The molecule has 8 nitrogen and oxygen atoms in total. The number of benzene rings is 1. The molecule has 0 radical (unpaired) electrons. The summed E-state index contributed by atoms with van der Waals surface area (Å²) < 4.78 is 11.5. The zero-order valence-electron chi connectivity index (χ0n) is 16.7. The van der Waals surface area contributed by atoms with Gasteiger partial charge in [-0.1, -0.05) is 5.10 Å². The summed E-state index contributed by atoms with van der Waals surface area (Å²) in [5, 5.41) is 9.64. The molecule has 0 amide bonds. The predicted octanol–water partition coefficient (Wildman–Crippen LogP) is 3.78. The van der Waals surface area contributed by atoms with E-state index in [0.717, 1.165) is 40.0 Å². The van der Waals surface area contributed by atoms with Gasteiger partial charge in [-0.2, -0.15) is 0 Å². The van der Waals surface area contributed by atoms with E-state index in [0.29, 0.717) is 31.0 Å². The van der Waals surface area contributed by atoms with Gasteiger partial charge in [0, 0.05) is 46.9 Å². The van der Waals surface area contributed by atoms with E-state index >= 15 is 0 Å². The second-order valence-electron chi connectivity index (χ2n) is 8.07. The van der Waals surface area contributed by atoms with Crippen LogP contribution in [0.15, 0.2) is 41.2 Å². The quantitative estimate of drug-likeness (QED) is 0.555. The van der Waals surface area contributed by atoms with Gasteiger partial charge in [0.2, 0.25) is 5.89 Å².